The number of benzene rings is 2. The maximum absolute atomic E-state index is 12.8. The predicted molar refractivity (Wildman–Crippen MR) is 106 cm³/mol. The molecule has 28 heavy (non-hydrogen) atoms. The highest BCUT2D eigenvalue weighted by Crippen LogP contribution is 2.22. The van der Waals surface area contributed by atoms with Gasteiger partial charge in [-0.25, -0.2) is 13.1 Å². The third-order valence-electron chi connectivity index (χ3n) is 3.94. The van der Waals surface area contributed by atoms with Crippen molar-refractivity contribution in [3.63, 3.8) is 0 Å². The minimum Gasteiger partial charge on any atom is -0.466 e. The largest absolute Gasteiger partial charge is 0.466 e. The number of esters is 1. The summed E-state index contributed by atoms with van der Waals surface area (Å²) >= 11 is 0. The van der Waals surface area contributed by atoms with Crippen LogP contribution >= 0.6 is 0 Å². The monoisotopic (exact) mass is 404 g/mol. The van der Waals surface area contributed by atoms with Gasteiger partial charge in [0.15, 0.2) is 0 Å². The summed E-state index contributed by atoms with van der Waals surface area (Å²) in [5, 5.41) is 2.58. The number of rotatable bonds is 8. The summed E-state index contributed by atoms with van der Waals surface area (Å²) in [6, 6.07) is 12.3. The third-order valence-corrected chi connectivity index (χ3v) is 5.43. The summed E-state index contributed by atoms with van der Waals surface area (Å²) in [6.07, 6.45) is -0.125. The first-order valence-corrected chi connectivity index (χ1v) is 10.3. The number of hydrogen-bond donors (Lipinski definition) is 2. The Labute approximate surface area is 165 Å². The minimum atomic E-state index is -3.89. The number of aryl methyl sites for hydroxylation is 1. The molecular weight excluding hydrogens is 380 g/mol. The van der Waals surface area contributed by atoms with Gasteiger partial charge in [-0.2, -0.15) is 0 Å². The van der Waals surface area contributed by atoms with E-state index in [0.717, 1.165) is 5.56 Å². The van der Waals surface area contributed by atoms with E-state index in [1.54, 1.807) is 19.1 Å². The van der Waals surface area contributed by atoms with Gasteiger partial charge in [0.25, 0.3) is 0 Å². The molecule has 0 aliphatic rings. The maximum Gasteiger partial charge on any atom is 0.307 e. The van der Waals surface area contributed by atoms with Crippen molar-refractivity contribution in [2.45, 2.75) is 38.1 Å². The number of anilines is 1. The van der Waals surface area contributed by atoms with E-state index < -0.39 is 22.0 Å². The Morgan fingerprint density at radius 2 is 1.64 bits per heavy atom. The summed E-state index contributed by atoms with van der Waals surface area (Å²) in [5.41, 5.74) is 2.18. The van der Waals surface area contributed by atoms with Crippen molar-refractivity contribution in [1.82, 2.24) is 4.72 Å². The molecule has 1 amide bonds. The molecule has 0 aliphatic carbocycles. The van der Waals surface area contributed by atoms with Gasteiger partial charge in [0, 0.05) is 12.6 Å². The summed E-state index contributed by atoms with van der Waals surface area (Å²) in [5.74, 6) is -0.737. The molecule has 1 atom stereocenters. The molecule has 2 aromatic rings. The van der Waals surface area contributed by atoms with E-state index in [1.807, 2.05) is 19.1 Å². The van der Waals surface area contributed by atoms with Crippen LogP contribution in [0.1, 0.15) is 37.4 Å². The van der Waals surface area contributed by atoms with Gasteiger partial charge < -0.3 is 10.1 Å². The van der Waals surface area contributed by atoms with Crippen LogP contribution in [0.3, 0.4) is 0 Å². The molecule has 7 nitrogen and oxygen atoms in total. The Kier molecular flexibility index (Phi) is 7.31. The SMILES string of the molecule is CCOC(=O)C[C@H](NS(=O)(=O)c1ccc(NC(C)=O)cc1)c1ccc(C)cc1. The molecule has 0 saturated carbocycles. The molecule has 0 unspecified atom stereocenters. The van der Waals surface area contributed by atoms with Gasteiger partial charge >= 0.3 is 5.97 Å². The first-order chi connectivity index (χ1) is 13.2. The Bertz CT molecular complexity index is 922. The second-order valence-electron chi connectivity index (χ2n) is 6.30. The highest BCUT2D eigenvalue weighted by Gasteiger charge is 2.24. The standard InChI is InChI=1S/C20H24N2O5S/c1-4-27-20(24)13-19(16-7-5-14(2)6-8-16)22-28(25,26)18-11-9-17(10-12-18)21-15(3)23/h5-12,19,22H,4,13H2,1-3H3,(H,21,23)/t19-/m0/s1. The molecule has 0 heterocycles. The van der Waals surface area contributed by atoms with Crippen LogP contribution in [0.4, 0.5) is 5.69 Å². The van der Waals surface area contributed by atoms with Crippen LogP contribution in [0.5, 0.6) is 0 Å². The molecule has 0 aromatic heterocycles. The molecular formula is C20H24N2O5S. The van der Waals surface area contributed by atoms with Gasteiger partial charge in [0.1, 0.15) is 0 Å². The molecule has 0 spiro atoms. The van der Waals surface area contributed by atoms with Crippen LogP contribution in [0.25, 0.3) is 0 Å². The number of sulfonamides is 1. The lowest BCUT2D eigenvalue weighted by Crippen LogP contribution is -2.30. The van der Waals surface area contributed by atoms with E-state index in [-0.39, 0.29) is 23.8 Å². The summed E-state index contributed by atoms with van der Waals surface area (Å²) in [4.78, 5) is 23.1. The Morgan fingerprint density at radius 1 is 1.04 bits per heavy atom. The van der Waals surface area contributed by atoms with Crippen LogP contribution < -0.4 is 10.0 Å². The molecule has 0 aliphatic heterocycles. The fraction of sp³-hybridized carbons (Fsp3) is 0.300. The zero-order valence-electron chi connectivity index (χ0n) is 16.1. The minimum absolute atomic E-state index is 0.0302. The predicted octanol–water partition coefficient (Wildman–Crippen LogP) is 2.93. The van der Waals surface area contributed by atoms with Gasteiger partial charge in [0.2, 0.25) is 15.9 Å². The van der Waals surface area contributed by atoms with E-state index >= 15 is 0 Å². The number of carbonyl (C=O) groups is 2. The molecule has 0 fully saturated rings. The molecule has 2 N–H and O–H groups in total. The van der Waals surface area contributed by atoms with Crippen LogP contribution in [-0.2, 0) is 24.3 Å². The summed E-state index contributed by atoms with van der Waals surface area (Å²) in [7, 11) is -3.89. The summed E-state index contributed by atoms with van der Waals surface area (Å²) in [6.45, 7) is 5.20. The van der Waals surface area contributed by atoms with Gasteiger partial charge in [-0.05, 0) is 43.7 Å². The van der Waals surface area contributed by atoms with Crippen molar-refractivity contribution in [1.29, 1.82) is 0 Å². The second kappa shape index (κ2) is 9.48. The van der Waals surface area contributed by atoms with E-state index in [2.05, 4.69) is 10.0 Å². The van der Waals surface area contributed by atoms with E-state index in [4.69, 9.17) is 4.74 Å². The van der Waals surface area contributed by atoms with Gasteiger partial charge in [-0.1, -0.05) is 29.8 Å². The number of amides is 1. The summed E-state index contributed by atoms with van der Waals surface area (Å²) < 4.78 is 33.2. The molecule has 2 aromatic carbocycles. The van der Waals surface area contributed by atoms with E-state index in [9.17, 15) is 18.0 Å². The highest BCUT2D eigenvalue weighted by molar-refractivity contribution is 7.89. The first kappa shape index (κ1) is 21.6. The van der Waals surface area contributed by atoms with Crippen LogP contribution in [0, 0.1) is 6.92 Å². The average Bonchev–Trinajstić information content (AvgIpc) is 2.62. The molecule has 0 radical (unpaired) electrons. The Balaban J connectivity index is 2.26. The number of ether oxygens (including phenoxy) is 1. The van der Waals surface area contributed by atoms with Crippen molar-refractivity contribution in [2.75, 3.05) is 11.9 Å². The van der Waals surface area contributed by atoms with Crippen molar-refractivity contribution < 1.29 is 22.7 Å². The van der Waals surface area contributed by atoms with Crippen LogP contribution in [0.2, 0.25) is 0 Å². The highest BCUT2D eigenvalue weighted by atomic mass is 32.2. The van der Waals surface area contributed by atoms with Gasteiger partial charge in [-0.3, -0.25) is 9.59 Å². The topological polar surface area (TPSA) is 102 Å². The molecule has 0 saturated heterocycles. The average molecular weight is 404 g/mol. The van der Waals surface area contributed by atoms with Gasteiger partial charge in [0.05, 0.1) is 24.0 Å². The molecule has 150 valence electrons. The Hall–Kier alpha value is -2.71. The lowest BCUT2D eigenvalue weighted by atomic mass is 10.0. The van der Waals surface area contributed by atoms with Crippen molar-refractivity contribution in [2.24, 2.45) is 0 Å². The van der Waals surface area contributed by atoms with E-state index in [1.165, 1.54) is 31.2 Å². The normalized spacial score (nSPS) is 12.2. The van der Waals surface area contributed by atoms with E-state index in [0.29, 0.717) is 11.3 Å². The fourth-order valence-electron chi connectivity index (χ4n) is 2.59. The van der Waals surface area contributed by atoms with Crippen LogP contribution in [-0.4, -0.2) is 26.9 Å². The molecule has 0 bridgehead atoms. The zero-order chi connectivity index (χ0) is 20.7. The van der Waals surface area contributed by atoms with Crippen LogP contribution in [0.15, 0.2) is 53.4 Å². The van der Waals surface area contributed by atoms with Crippen molar-refractivity contribution >= 4 is 27.6 Å². The lowest BCUT2D eigenvalue weighted by molar-refractivity contribution is -0.143. The second-order valence-corrected chi connectivity index (χ2v) is 8.01. The number of carbonyl (C=O) groups excluding carboxylic acids is 2. The zero-order valence-corrected chi connectivity index (χ0v) is 16.9. The third kappa shape index (κ3) is 6.17. The Morgan fingerprint density at radius 3 is 2.18 bits per heavy atom. The maximum atomic E-state index is 12.8. The van der Waals surface area contributed by atoms with Gasteiger partial charge in [-0.15, -0.1) is 0 Å². The lowest BCUT2D eigenvalue weighted by Gasteiger charge is -2.19. The molecule has 8 heteroatoms. The number of nitrogens with one attached hydrogen (secondary N) is 2. The van der Waals surface area contributed by atoms with Crippen molar-refractivity contribution in [3.05, 3.63) is 59.7 Å². The smallest absolute Gasteiger partial charge is 0.307 e. The molecule has 2 rings (SSSR count). The first-order valence-electron chi connectivity index (χ1n) is 8.83. The fourth-order valence-corrected chi connectivity index (χ4v) is 3.81. The number of hydrogen-bond acceptors (Lipinski definition) is 5. The van der Waals surface area contributed by atoms with Crippen molar-refractivity contribution in [3.8, 4) is 0 Å². The quantitative estimate of drug-likeness (QED) is 0.659.